The minimum absolute atomic E-state index is 0.195. The van der Waals surface area contributed by atoms with Crippen LogP contribution < -0.4 is 5.32 Å². The molecule has 18 heavy (non-hydrogen) atoms. The predicted molar refractivity (Wildman–Crippen MR) is 63.0 cm³/mol. The first-order valence-corrected chi connectivity index (χ1v) is 5.97. The Bertz CT molecular complexity index is 360. The topological polar surface area (TPSA) is 37.8 Å². The van der Waals surface area contributed by atoms with Gasteiger partial charge >= 0.3 is 6.18 Å². The van der Waals surface area contributed by atoms with Gasteiger partial charge in [0.1, 0.15) is 0 Å². The molecule has 102 valence electrons. The molecule has 0 aliphatic carbocycles. The Hall–Kier alpha value is -1.17. The fraction of sp³-hybridized carbons (Fsp3) is 0.667. The molecule has 0 saturated carbocycles. The average Bonchev–Trinajstić information content (AvgIpc) is 2.28. The van der Waals surface area contributed by atoms with Gasteiger partial charge in [-0.25, -0.2) is 0 Å². The summed E-state index contributed by atoms with van der Waals surface area (Å²) >= 11 is 0. The van der Waals surface area contributed by atoms with Crippen molar-refractivity contribution in [2.75, 3.05) is 6.54 Å². The van der Waals surface area contributed by atoms with Gasteiger partial charge in [0.2, 0.25) is 0 Å². The van der Waals surface area contributed by atoms with Crippen molar-refractivity contribution in [2.45, 2.75) is 39.4 Å². The highest BCUT2D eigenvalue weighted by molar-refractivity contribution is 5.10. The molecule has 1 heterocycles. The van der Waals surface area contributed by atoms with Crippen LogP contribution in [0.3, 0.4) is 0 Å². The second-order valence-electron chi connectivity index (χ2n) is 4.52. The molecule has 1 rings (SSSR count). The number of aromatic nitrogens is 2. The van der Waals surface area contributed by atoms with Gasteiger partial charge in [0.15, 0.2) is 5.69 Å². The average molecular weight is 261 g/mol. The maximum Gasteiger partial charge on any atom is 0.435 e. The number of hydrogen-bond acceptors (Lipinski definition) is 3. The summed E-state index contributed by atoms with van der Waals surface area (Å²) in [6.45, 7) is 6.93. The SMILES string of the molecule is CCNC(Cc1ccc(C(F)(F)F)nn1)C(C)C. The maximum atomic E-state index is 12.3. The lowest BCUT2D eigenvalue weighted by Gasteiger charge is -2.21. The highest BCUT2D eigenvalue weighted by Gasteiger charge is 2.32. The third-order valence-electron chi connectivity index (χ3n) is 2.71. The lowest BCUT2D eigenvalue weighted by atomic mass is 9.99. The predicted octanol–water partition coefficient (Wildman–Crippen LogP) is 2.67. The number of hydrogen-bond donors (Lipinski definition) is 1. The van der Waals surface area contributed by atoms with Gasteiger partial charge in [-0.3, -0.25) is 0 Å². The first kappa shape index (κ1) is 14.9. The van der Waals surface area contributed by atoms with Crippen LogP contribution in [0, 0.1) is 5.92 Å². The van der Waals surface area contributed by atoms with Crippen LogP contribution in [0.1, 0.15) is 32.2 Å². The van der Waals surface area contributed by atoms with E-state index in [0.29, 0.717) is 18.0 Å². The monoisotopic (exact) mass is 261 g/mol. The summed E-state index contributed by atoms with van der Waals surface area (Å²) < 4.78 is 36.9. The standard InChI is InChI=1S/C12H18F3N3/c1-4-16-10(8(2)3)7-9-5-6-11(18-17-9)12(13,14)15/h5-6,8,10,16H,4,7H2,1-3H3. The van der Waals surface area contributed by atoms with E-state index in [1.165, 1.54) is 6.07 Å². The molecule has 1 unspecified atom stereocenters. The molecule has 0 radical (unpaired) electrons. The summed E-state index contributed by atoms with van der Waals surface area (Å²) in [4.78, 5) is 0. The smallest absolute Gasteiger partial charge is 0.314 e. The van der Waals surface area contributed by atoms with Gasteiger partial charge in [0, 0.05) is 12.5 Å². The van der Waals surface area contributed by atoms with Gasteiger partial charge in [0.05, 0.1) is 5.69 Å². The fourth-order valence-corrected chi connectivity index (χ4v) is 1.65. The zero-order valence-electron chi connectivity index (χ0n) is 10.8. The largest absolute Gasteiger partial charge is 0.435 e. The van der Waals surface area contributed by atoms with Gasteiger partial charge < -0.3 is 5.32 Å². The Morgan fingerprint density at radius 3 is 2.28 bits per heavy atom. The molecule has 1 aromatic rings. The number of alkyl halides is 3. The van der Waals surface area contributed by atoms with Gasteiger partial charge in [-0.05, 0) is 24.6 Å². The molecule has 0 spiro atoms. The third-order valence-corrected chi connectivity index (χ3v) is 2.71. The molecule has 0 saturated heterocycles. The Kier molecular flexibility index (Phi) is 5.07. The van der Waals surface area contributed by atoms with Crippen LogP contribution in [0.25, 0.3) is 0 Å². The van der Waals surface area contributed by atoms with E-state index in [-0.39, 0.29) is 6.04 Å². The molecule has 0 aromatic carbocycles. The van der Waals surface area contributed by atoms with E-state index in [0.717, 1.165) is 12.6 Å². The minimum Gasteiger partial charge on any atom is -0.314 e. The van der Waals surface area contributed by atoms with Crippen molar-refractivity contribution in [1.82, 2.24) is 15.5 Å². The highest BCUT2D eigenvalue weighted by Crippen LogP contribution is 2.26. The maximum absolute atomic E-state index is 12.3. The summed E-state index contributed by atoms with van der Waals surface area (Å²) in [5.74, 6) is 0.383. The summed E-state index contributed by atoms with van der Waals surface area (Å²) in [5.41, 5.74) is -0.376. The van der Waals surface area contributed by atoms with E-state index in [2.05, 4.69) is 29.4 Å². The summed E-state index contributed by atoms with van der Waals surface area (Å²) in [6.07, 6.45) is -3.85. The van der Waals surface area contributed by atoms with Gasteiger partial charge in [-0.2, -0.15) is 18.3 Å². The summed E-state index contributed by atoms with van der Waals surface area (Å²) in [7, 11) is 0. The molecular formula is C12H18F3N3. The van der Waals surface area contributed by atoms with E-state index in [4.69, 9.17) is 0 Å². The van der Waals surface area contributed by atoms with Crippen molar-refractivity contribution in [1.29, 1.82) is 0 Å². The van der Waals surface area contributed by atoms with Crippen molar-refractivity contribution >= 4 is 0 Å². The first-order valence-electron chi connectivity index (χ1n) is 5.97. The number of rotatable bonds is 5. The van der Waals surface area contributed by atoms with Crippen molar-refractivity contribution < 1.29 is 13.2 Å². The zero-order chi connectivity index (χ0) is 13.8. The Morgan fingerprint density at radius 2 is 1.89 bits per heavy atom. The van der Waals surface area contributed by atoms with E-state index in [1.54, 1.807) is 0 Å². The highest BCUT2D eigenvalue weighted by atomic mass is 19.4. The molecule has 0 fully saturated rings. The van der Waals surface area contributed by atoms with Crippen LogP contribution >= 0.6 is 0 Å². The molecule has 0 aliphatic rings. The quantitative estimate of drug-likeness (QED) is 0.885. The Morgan fingerprint density at radius 1 is 1.22 bits per heavy atom. The van der Waals surface area contributed by atoms with Crippen LogP contribution in [-0.4, -0.2) is 22.8 Å². The second kappa shape index (κ2) is 6.13. The Balaban J connectivity index is 2.73. The van der Waals surface area contributed by atoms with Gasteiger partial charge in [0.25, 0.3) is 0 Å². The van der Waals surface area contributed by atoms with E-state index in [9.17, 15) is 13.2 Å². The number of halogens is 3. The first-order chi connectivity index (χ1) is 8.34. The van der Waals surface area contributed by atoms with Gasteiger partial charge in [-0.1, -0.05) is 20.8 Å². The molecule has 1 aromatic heterocycles. The molecule has 0 bridgehead atoms. The molecule has 3 nitrogen and oxygen atoms in total. The van der Waals surface area contributed by atoms with Gasteiger partial charge in [-0.15, -0.1) is 5.10 Å². The Labute approximate surface area is 105 Å². The molecule has 6 heteroatoms. The van der Waals surface area contributed by atoms with Crippen molar-refractivity contribution in [3.63, 3.8) is 0 Å². The van der Waals surface area contributed by atoms with E-state index < -0.39 is 11.9 Å². The van der Waals surface area contributed by atoms with Crippen molar-refractivity contribution in [3.8, 4) is 0 Å². The molecule has 1 atom stereocenters. The minimum atomic E-state index is -4.43. The van der Waals surface area contributed by atoms with Crippen LogP contribution in [-0.2, 0) is 12.6 Å². The van der Waals surface area contributed by atoms with E-state index >= 15 is 0 Å². The van der Waals surface area contributed by atoms with Crippen LogP contribution in [0.2, 0.25) is 0 Å². The molecule has 1 N–H and O–H groups in total. The zero-order valence-corrected chi connectivity index (χ0v) is 10.8. The molecule has 0 amide bonds. The lowest BCUT2D eigenvalue weighted by Crippen LogP contribution is -2.35. The normalized spacial score (nSPS) is 13.9. The second-order valence-corrected chi connectivity index (χ2v) is 4.52. The number of nitrogens with zero attached hydrogens (tertiary/aromatic N) is 2. The number of nitrogens with one attached hydrogen (secondary N) is 1. The van der Waals surface area contributed by atoms with Crippen LogP contribution in [0.15, 0.2) is 12.1 Å². The van der Waals surface area contributed by atoms with Crippen molar-refractivity contribution in [2.24, 2.45) is 5.92 Å². The lowest BCUT2D eigenvalue weighted by molar-refractivity contribution is -0.141. The number of likely N-dealkylation sites (N-methyl/N-ethyl adjacent to an activating group) is 1. The fourth-order valence-electron chi connectivity index (χ4n) is 1.65. The van der Waals surface area contributed by atoms with Crippen LogP contribution in [0.5, 0.6) is 0 Å². The molecule has 0 aliphatic heterocycles. The summed E-state index contributed by atoms with van der Waals surface area (Å²) in [5, 5.41) is 10.1. The molecular weight excluding hydrogens is 243 g/mol. The summed E-state index contributed by atoms with van der Waals surface area (Å²) in [6, 6.07) is 2.56. The van der Waals surface area contributed by atoms with Crippen LogP contribution in [0.4, 0.5) is 13.2 Å². The van der Waals surface area contributed by atoms with Crippen molar-refractivity contribution in [3.05, 3.63) is 23.5 Å². The third kappa shape index (κ3) is 4.25. The van der Waals surface area contributed by atoms with E-state index in [1.807, 2.05) is 6.92 Å².